The van der Waals surface area contributed by atoms with E-state index in [1.807, 2.05) is 42.2 Å². The molecule has 0 radical (unpaired) electrons. The fraction of sp³-hybridized carbons (Fsp3) is 0.519. The van der Waals surface area contributed by atoms with Crippen molar-refractivity contribution in [2.45, 2.75) is 25.8 Å². The second-order valence-electron chi connectivity index (χ2n) is 9.95. The van der Waals surface area contributed by atoms with Crippen LogP contribution in [0.3, 0.4) is 0 Å². The average molecular weight is 463 g/mol. The molecule has 4 heterocycles. The molecule has 0 spiro atoms. The molecular weight excluding hydrogens is 428 g/mol. The monoisotopic (exact) mass is 462 g/mol. The fourth-order valence-electron chi connectivity index (χ4n) is 5.67. The number of amides is 2. The number of hydrogen-bond donors (Lipinski definition) is 1. The standard InChI is InChI=1S/C27H34N4O3/c1-19-24(8-5-11-28-19)27(33)31-16-22-14-30(15-23(22)17-31)12-9-25(20-6-3-2-4-7-20)29-26(32)21-10-13-34-18-21/h2-8,11,21-23,25H,9-10,12-18H2,1H3,(H,29,32)/t21?,22?,23?,25-/m0/s1. The molecule has 5 rings (SSSR count). The summed E-state index contributed by atoms with van der Waals surface area (Å²) in [7, 11) is 0. The molecule has 3 saturated heterocycles. The maximum atomic E-state index is 13.0. The molecule has 0 saturated carbocycles. The SMILES string of the molecule is Cc1ncccc1C(=O)N1CC2CN(CC[C@H](NC(=O)C3CCOC3)c3ccccc3)CC2C1. The van der Waals surface area contributed by atoms with E-state index in [0.29, 0.717) is 30.6 Å². The summed E-state index contributed by atoms with van der Waals surface area (Å²) >= 11 is 0. The summed E-state index contributed by atoms with van der Waals surface area (Å²) in [5, 5.41) is 3.29. The Bertz CT molecular complexity index is 994. The van der Waals surface area contributed by atoms with Gasteiger partial charge in [0.15, 0.2) is 0 Å². The number of rotatable bonds is 7. The third-order valence-corrected chi connectivity index (χ3v) is 7.64. The van der Waals surface area contributed by atoms with Crippen molar-refractivity contribution in [2.24, 2.45) is 17.8 Å². The quantitative estimate of drug-likeness (QED) is 0.685. The number of aryl methyl sites for hydroxylation is 1. The van der Waals surface area contributed by atoms with Crippen LogP contribution in [0.15, 0.2) is 48.7 Å². The number of pyridine rings is 1. The number of carbonyl (C=O) groups excluding carboxylic acids is 2. The maximum Gasteiger partial charge on any atom is 0.255 e. The molecule has 1 aromatic carbocycles. The second kappa shape index (κ2) is 10.2. The number of nitrogens with one attached hydrogen (secondary N) is 1. The third kappa shape index (κ3) is 5.00. The Morgan fingerprint density at radius 1 is 1.09 bits per heavy atom. The van der Waals surface area contributed by atoms with Crippen molar-refractivity contribution in [1.29, 1.82) is 0 Å². The topological polar surface area (TPSA) is 74.8 Å². The summed E-state index contributed by atoms with van der Waals surface area (Å²) < 4.78 is 5.41. The van der Waals surface area contributed by atoms with Crippen LogP contribution in [0.2, 0.25) is 0 Å². The summed E-state index contributed by atoms with van der Waals surface area (Å²) in [4.78, 5) is 34.6. The van der Waals surface area contributed by atoms with E-state index in [-0.39, 0.29) is 23.8 Å². The van der Waals surface area contributed by atoms with Gasteiger partial charge in [0.05, 0.1) is 24.1 Å². The predicted molar refractivity (Wildman–Crippen MR) is 129 cm³/mol. The van der Waals surface area contributed by atoms with Crippen molar-refractivity contribution in [1.82, 2.24) is 20.1 Å². The minimum atomic E-state index is -0.0377. The Hall–Kier alpha value is -2.77. The highest BCUT2D eigenvalue weighted by Crippen LogP contribution is 2.33. The molecule has 2 aromatic rings. The van der Waals surface area contributed by atoms with E-state index in [2.05, 4.69) is 27.3 Å². The number of likely N-dealkylation sites (tertiary alicyclic amines) is 2. The van der Waals surface area contributed by atoms with E-state index < -0.39 is 0 Å². The minimum Gasteiger partial charge on any atom is -0.381 e. The van der Waals surface area contributed by atoms with Crippen LogP contribution in [-0.4, -0.2) is 72.5 Å². The van der Waals surface area contributed by atoms with E-state index in [1.165, 1.54) is 0 Å². The van der Waals surface area contributed by atoms with Crippen LogP contribution in [0.5, 0.6) is 0 Å². The molecule has 4 atom stereocenters. The van der Waals surface area contributed by atoms with E-state index in [4.69, 9.17) is 4.74 Å². The van der Waals surface area contributed by atoms with Crippen LogP contribution in [0, 0.1) is 24.7 Å². The van der Waals surface area contributed by atoms with Crippen LogP contribution >= 0.6 is 0 Å². The number of nitrogens with zero attached hydrogens (tertiary/aromatic N) is 3. The first-order chi connectivity index (χ1) is 16.6. The van der Waals surface area contributed by atoms with E-state index in [1.54, 1.807) is 6.20 Å². The summed E-state index contributed by atoms with van der Waals surface area (Å²) in [5.74, 6) is 1.20. The summed E-state index contributed by atoms with van der Waals surface area (Å²) in [6.07, 6.45) is 3.41. The van der Waals surface area contributed by atoms with Crippen LogP contribution in [-0.2, 0) is 9.53 Å². The molecule has 2 amide bonds. The molecule has 0 aliphatic carbocycles. The number of benzene rings is 1. The molecule has 7 heteroatoms. The van der Waals surface area contributed by atoms with Gasteiger partial charge in [-0.3, -0.25) is 14.6 Å². The minimum absolute atomic E-state index is 0.00127. The Morgan fingerprint density at radius 3 is 2.53 bits per heavy atom. The van der Waals surface area contributed by atoms with Gasteiger partial charge in [-0.05, 0) is 49.3 Å². The van der Waals surface area contributed by atoms with Gasteiger partial charge in [-0.25, -0.2) is 0 Å². The molecule has 1 N–H and O–H groups in total. The Balaban J connectivity index is 1.16. The molecule has 34 heavy (non-hydrogen) atoms. The lowest BCUT2D eigenvalue weighted by Crippen LogP contribution is -2.37. The second-order valence-corrected chi connectivity index (χ2v) is 9.95. The zero-order chi connectivity index (χ0) is 23.5. The van der Waals surface area contributed by atoms with Crippen molar-refractivity contribution >= 4 is 11.8 Å². The summed E-state index contributed by atoms with van der Waals surface area (Å²) in [6, 6.07) is 14.0. The van der Waals surface area contributed by atoms with E-state index >= 15 is 0 Å². The lowest BCUT2D eigenvalue weighted by Gasteiger charge is -2.25. The molecule has 3 aliphatic rings. The normalized spacial score (nSPS) is 25.3. The lowest BCUT2D eigenvalue weighted by atomic mass is 10.0. The highest BCUT2D eigenvalue weighted by atomic mass is 16.5. The summed E-state index contributed by atoms with van der Waals surface area (Å²) in [5.41, 5.74) is 2.66. The molecule has 0 bridgehead atoms. The van der Waals surface area contributed by atoms with Crippen molar-refractivity contribution in [3.63, 3.8) is 0 Å². The van der Waals surface area contributed by atoms with Crippen molar-refractivity contribution < 1.29 is 14.3 Å². The molecule has 3 fully saturated rings. The van der Waals surface area contributed by atoms with Crippen molar-refractivity contribution in [3.05, 3.63) is 65.5 Å². The van der Waals surface area contributed by atoms with Crippen LogP contribution in [0.25, 0.3) is 0 Å². The number of fused-ring (bicyclic) bond motifs is 1. The molecule has 7 nitrogen and oxygen atoms in total. The predicted octanol–water partition coefficient (Wildman–Crippen LogP) is 2.68. The number of ether oxygens (including phenoxy) is 1. The van der Waals surface area contributed by atoms with Gasteiger partial charge in [0.1, 0.15) is 0 Å². The average Bonchev–Trinajstić information content (AvgIpc) is 3.59. The summed E-state index contributed by atoms with van der Waals surface area (Å²) in [6.45, 7) is 7.67. The maximum absolute atomic E-state index is 13.0. The first-order valence-corrected chi connectivity index (χ1v) is 12.4. The molecular formula is C27H34N4O3. The smallest absolute Gasteiger partial charge is 0.255 e. The third-order valence-electron chi connectivity index (χ3n) is 7.64. The van der Waals surface area contributed by atoms with Gasteiger partial charge >= 0.3 is 0 Å². The van der Waals surface area contributed by atoms with Gasteiger partial charge in [-0.2, -0.15) is 0 Å². The van der Waals surface area contributed by atoms with Gasteiger partial charge in [0.25, 0.3) is 5.91 Å². The van der Waals surface area contributed by atoms with Gasteiger partial charge in [-0.15, -0.1) is 0 Å². The van der Waals surface area contributed by atoms with E-state index in [0.717, 1.165) is 56.8 Å². The Kier molecular flexibility index (Phi) is 6.92. The lowest BCUT2D eigenvalue weighted by molar-refractivity contribution is -0.125. The molecule has 3 aliphatic heterocycles. The first-order valence-electron chi connectivity index (χ1n) is 12.4. The number of aromatic nitrogens is 1. The highest BCUT2D eigenvalue weighted by molar-refractivity contribution is 5.95. The fourth-order valence-corrected chi connectivity index (χ4v) is 5.67. The van der Waals surface area contributed by atoms with Gasteiger partial charge < -0.3 is 19.9 Å². The van der Waals surface area contributed by atoms with Crippen LogP contribution in [0.4, 0.5) is 0 Å². The van der Waals surface area contributed by atoms with Crippen molar-refractivity contribution in [2.75, 3.05) is 45.9 Å². The zero-order valence-electron chi connectivity index (χ0n) is 19.9. The number of carbonyl (C=O) groups is 2. The molecule has 1 aromatic heterocycles. The van der Waals surface area contributed by atoms with Crippen LogP contribution in [0.1, 0.15) is 40.5 Å². The first kappa shape index (κ1) is 23.0. The highest BCUT2D eigenvalue weighted by Gasteiger charge is 2.42. The van der Waals surface area contributed by atoms with Gasteiger partial charge in [0.2, 0.25) is 5.91 Å². The van der Waals surface area contributed by atoms with Gasteiger partial charge in [-0.1, -0.05) is 30.3 Å². The number of hydrogen-bond acceptors (Lipinski definition) is 5. The Labute approximate surface area is 201 Å². The zero-order valence-corrected chi connectivity index (χ0v) is 19.9. The largest absolute Gasteiger partial charge is 0.381 e. The molecule has 3 unspecified atom stereocenters. The van der Waals surface area contributed by atoms with Crippen LogP contribution < -0.4 is 5.32 Å². The Morgan fingerprint density at radius 2 is 1.85 bits per heavy atom. The van der Waals surface area contributed by atoms with Crippen molar-refractivity contribution in [3.8, 4) is 0 Å². The van der Waals surface area contributed by atoms with E-state index in [9.17, 15) is 9.59 Å². The molecule has 180 valence electrons. The van der Waals surface area contributed by atoms with Gasteiger partial charge in [0, 0.05) is 51.2 Å².